The van der Waals surface area contributed by atoms with Gasteiger partial charge in [0.15, 0.2) is 5.78 Å². The predicted octanol–water partition coefficient (Wildman–Crippen LogP) is 1.61. The van der Waals surface area contributed by atoms with E-state index < -0.39 is 0 Å². The maximum Gasteiger partial charge on any atom is 0.223 e. The van der Waals surface area contributed by atoms with E-state index in [4.69, 9.17) is 10.5 Å². The molecule has 0 radical (unpaired) electrons. The number of hydrogen-bond acceptors (Lipinski definition) is 4. The van der Waals surface area contributed by atoms with Gasteiger partial charge in [-0.05, 0) is 37.1 Å². The number of piperidine rings is 1. The predicted molar refractivity (Wildman–Crippen MR) is 80.3 cm³/mol. The van der Waals surface area contributed by atoms with Crippen molar-refractivity contribution in [3.63, 3.8) is 0 Å². The van der Waals surface area contributed by atoms with Crippen molar-refractivity contribution in [3.8, 4) is 5.75 Å². The van der Waals surface area contributed by atoms with Gasteiger partial charge < -0.3 is 15.4 Å². The van der Waals surface area contributed by atoms with Crippen molar-refractivity contribution in [2.24, 2.45) is 5.73 Å². The second-order valence-electron chi connectivity index (χ2n) is 5.39. The summed E-state index contributed by atoms with van der Waals surface area (Å²) in [4.78, 5) is 25.9. The van der Waals surface area contributed by atoms with E-state index in [0.717, 1.165) is 19.4 Å². The van der Waals surface area contributed by atoms with Gasteiger partial charge in [0, 0.05) is 37.5 Å². The van der Waals surface area contributed by atoms with Gasteiger partial charge in [-0.1, -0.05) is 0 Å². The van der Waals surface area contributed by atoms with E-state index >= 15 is 0 Å². The standard InChI is InChI=1S/C16H22N2O3/c1-21-14-6-4-12(5-7-14)15(19)8-9-16(20)18-10-2-3-13(17)11-18/h4-7,13H,2-3,8-11,17H2,1H3. The van der Waals surface area contributed by atoms with Gasteiger partial charge >= 0.3 is 0 Å². The fraction of sp³-hybridized carbons (Fsp3) is 0.500. The average molecular weight is 290 g/mol. The van der Waals surface area contributed by atoms with Gasteiger partial charge in [0.1, 0.15) is 5.75 Å². The van der Waals surface area contributed by atoms with Crippen LogP contribution in [-0.2, 0) is 4.79 Å². The van der Waals surface area contributed by atoms with Crippen LogP contribution in [0.4, 0.5) is 0 Å². The number of ketones is 1. The summed E-state index contributed by atoms with van der Waals surface area (Å²) >= 11 is 0. The molecular formula is C16H22N2O3. The Labute approximate surface area is 125 Å². The Balaban J connectivity index is 1.83. The minimum absolute atomic E-state index is 0.0204. The second-order valence-corrected chi connectivity index (χ2v) is 5.39. The third kappa shape index (κ3) is 4.29. The molecule has 1 saturated heterocycles. The number of methoxy groups -OCH3 is 1. The molecule has 1 atom stereocenters. The van der Waals surface area contributed by atoms with Crippen LogP contribution in [-0.4, -0.2) is 42.8 Å². The lowest BCUT2D eigenvalue weighted by Crippen LogP contribution is -2.45. The van der Waals surface area contributed by atoms with E-state index in [0.29, 0.717) is 17.9 Å². The summed E-state index contributed by atoms with van der Waals surface area (Å²) < 4.78 is 5.05. The normalized spacial score (nSPS) is 18.4. The highest BCUT2D eigenvalue weighted by atomic mass is 16.5. The Hall–Kier alpha value is -1.88. The smallest absolute Gasteiger partial charge is 0.223 e. The van der Waals surface area contributed by atoms with Gasteiger partial charge in [-0.25, -0.2) is 0 Å². The average Bonchev–Trinajstić information content (AvgIpc) is 2.52. The number of ether oxygens (including phenoxy) is 1. The van der Waals surface area contributed by atoms with Crippen molar-refractivity contribution in [1.29, 1.82) is 0 Å². The summed E-state index contributed by atoms with van der Waals surface area (Å²) in [6, 6.07) is 7.02. The summed E-state index contributed by atoms with van der Waals surface area (Å²) in [5, 5.41) is 0. The number of carbonyl (C=O) groups is 2. The summed E-state index contributed by atoms with van der Waals surface area (Å²) in [7, 11) is 1.58. The summed E-state index contributed by atoms with van der Waals surface area (Å²) in [5.41, 5.74) is 6.47. The number of benzene rings is 1. The molecular weight excluding hydrogens is 268 g/mol. The molecule has 1 aliphatic rings. The van der Waals surface area contributed by atoms with E-state index in [1.165, 1.54) is 0 Å². The van der Waals surface area contributed by atoms with E-state index in [2.05, 4.69) is 0 Å². The highest BCUT2D eigenvalue weighted by Gasteiger charge is 2.21. The number of likely N-dealkylation sites (tertiary alicyclic amines) is 1. The molecule has 5 nitrogen and oxygen atoms in total. The van der Waals surface area contributed by atoms with Crippen LogP contribution in [0.3, 0.4) is 0 Å². The summed E-state index contributed by atoms with van der Waals surface area (Å²) in [6.07, 6.45) is 2.39. The maximum absolute atomic E-state index is 12.1. The Bertz CT molecular complexity index is 499. The number of nitrogens with two attached hydrogens (primary N) is 1. The Morgan fingerprint density at radius 2 is 2.00 bits per heavy atom. The molecule has 0 aromatic heterocycles. The molecule has 5 heteroatoms. The van der Waals surface area contributed by atoms with Crippen LogP contribution in [0.15, 0.2) is 24.3 Å². The number of hydrogen-bond donors (Lipinski definition) is 1. The minimum Gasteiger partial charge on any atom is -0.497 e. The van der Waals surface area contributed by atoms with Crippen LogP contribution in [0.2, 0.25) is 0 Å². The Kier molecular flexibility index (Phi) is 5.33. The third-order valence-corrected chi connectivity index (χ3v) is 3.79. The fourth-order valence-electron chi connectivity index (χ4n) is 2.54. The number of rotatable bonds is 5. The Morgan fingerprint density at radius 3 is 2.62 bits per heavy atom. The fourth-order valence-corrected chi connectivity index (χ4v) is 2.54. The highest BCUT2D eigenvalue weighted by Crippen LogP contribution is 2.15. The van der Waals surface area contributed by atoms with Crippen LogP contribution in [0.25, 0.3) is 0 Å². The van der Waals surface area contributed by atoms with Crippen molar-refractivity contribution in [2.75, 3.05) is 20.2 Å². The topological polar surface area (TPSA) is 72.6 Å². The second kappa shape index (κ2) is 7.22. The molecule has 1 aromatic rings. The summed E-state index contributed by atoms with van der Waals surface area (Å²) in [5.74, 6) is 0.712. The molecule has 0 aliphatic carbocycles. The molecule has 1 amide bonds. The van der Waals surface area contributed by atoms with Gasteiger partial charge in [-0.3, -0.25) is 9.59 Å². The molecule has 0 saturated carbocycles. The number of carbonyl (C=O) groups excluding carboxylic acids is 2. The first-order valence-electron chi connectivity index (χ1n) is 7.30. The van der Waals surface area contributed by atoms with E-state index in [9.17, 15) is 9.59 Å². The van der Waals surface area contributed by atoms with Crippen molar-refractivity contribution >= 4 is 11.7 Å². The monoisotopic (exact) mass is 290 g/mol. The quantitative estimate of drug-likeness (QED) is 0.836. The van der Waals surface area contributed by atoms with E-state index in [-0.39, 0.29) is 30.6 Å². The number of Topliss-reactive ketones (excluding diaryl/α,β-unsaturated/α-hetero) is 1. The lowest BCUT2D eigenvalue weighted by molar-refractivity contribution is -0.132. The van der Waals surface area contributed by atoms with Gasteiger partial charge in [0.05, 0.1) is 7.11 Å². The van der Waals surface area contributed by atoms with Gasteiger partial charge in [-0.15, -0.1) is 0 Å². The molecule has 114 valence electrons. The lowest BCUT2D eigenvalue weighted by Gasteiger charge is -2.30. The van der Waals surface area contributed by atoms with Gasteiger partial charge in [0.2, 0.25) is 5.91 Å². The van der Waals surface area contributed by atoms with Crippen molar-refractivity contribution < 1.29 is 14.3 Å². The number of amides is 1. The largest absolute Gasteiger partial charge is 0.497 e. The van der Waals surface area contributed by atoms with Crippen molar-refractivity contribution in [1.82, 2.24) is 4.90 Å². The van der Waals surface area contributed by atoms with Gasteiger partial charge in [0.25, 0.3) is 0 Å². The Morgan fingerprint density at radius 1 is 1.29 bits per heavy atom. The zero-order valence-electron chi connectivity index (χ0n) is 12.4. The maximum atomic E-state index is 12.1. The molecule has 1 unspecified atom stereocenters. The van der Waals surface area contributed by atoms with Gasteiger partial charge in [-0.2, -0.15) is 0 Å². The molecule has 2 N–H and O–H groups in total. The van der Waals surface area contributed by atoms with E-state index in [1.54, 1.807) is 36.3 Å². The van der Waals surface area contributed by atoms with Crippen LogP contribution >= 0.6 is 0 Å². The SMILES string of the molecule is COc1ccc(C(=O)CCC(=O)N2CCCC(N)C2)cc1. The molecule has 21 heavy (non-hydrogen) atoms. The summed E-state index contributed by atoms with van der Waals surface area (Å²) in [6.45, 7) is 1.36. The molecule has 1 aliphatic heterocycles. The van der Waals surface area contributed by atoms with Crippen LogP contribution in [0.1, 0.15) is 36.0 Å². The lowest BCUT2D eigenvalue weighted by atomic mass is 10.0. The molecule has 1 heterocycles. The first-order chi connectivity index (χ1) is 10.1. The molecule has 1 aromatic carbocycles. The first-order valence-corrected chi connectivity index (χ1v) is 7.30. The van der Waals surface area contributed by atoms with Crippen LogP contribution < -0.4 is 10.5 Å². The van der Waals surface area contributed by atoms with Crippen LogP contribution in [0, 0.1) is 0 Å². The van der Waals surface area contributed by atoms with E-state index in [1.807, 2.05) is 0 Å². The highest BCUT2D eigenvalue weighted by molar-refractivity contribution is 5.98. The molecule has 0 spiro atoms. The molecule has 1 fully saturated rings. The molecule has 2 rings (SSSR count). The van der Waals surface area contributed by atoms with Crippen LogP contribution in [0.5, 0.6) is 5.75 Å². The zero-order chi connectivity index (χ0) is 15.2. The first kappa shape index (κ1) is 15.5. The number of nitrogens with zero attached hydrogens (tertiary/aromatic N) is 1. The van der Waals surface area contributed by atoms with Crippen molar-refractivity contribution in [3.05, 3.63) is 29.8 Å². The minimum atomic E-state index is -0.0210. The van der Waals surface area contributed by atoms with Crippen molar-refractivity contribution in [2.45, 2.75) is 31.7 Å². The third-order valence-electron chi connectivity index (χ3n) is 3.79. The zero-order valence-corrected chi connectivity index (χ0v) is 12.4. The molecule has 0 bridgehead atoms.